The van der Waals surface area contributed by atoms with Crippen molar-refractivity contribution < 1.29 is 17.7 Å². The van der Waals surface area contributed by atoms with Gasteiger partial charge in [-0.2, -0.15) is 13.2 Å². The van der Waals surface area contributed by atoms with Crippen molar-refractivity contribution in [1.29, 1.82) is 0 Å². The predicted molar refractivity (Wildman–Crippen MR) is 65.6 cm³/mol. The van der Waals surface area contributed by atoms with Gasteiger partial charge < -0.3 is 4.52 Å². The van der Waals surface area contributed by atoms with Gasteiger partial charge in [-0.3, -0.25) is 0 Å². The van der Waals surface area contributed by atoms with Crippen molar-refractivity contribution in [2.45, 2.75) is 32.4 Å². The Labute approximate surface area is 109 Å². The summed E-state index contributed by atoms with van der Waals surface area (Å²) in [5.74, 6) is 0.118. The summed E-state index contributed by atoms with van der Waals surface area (Å²) in [6.45, 7) is 6.20. The summed E-state index contributed by atoms with van der Waals surface area (Å²) in [6, 6.07) is 8.14. The minimum absolute atomic E-state index is 0.00290. The van der Waals surface area contributed by atoms with Crippen LogP contribution in [0.3, 0.4) is 0 Å². The molecule has 0 aliphatic carbocycles. The molecule has 19 heavy (non-hydrogen) atoms. The zero-order chi connectivity index (χ0) is 14.3. The Morgan fingerprint density at radius 1 is 1.00 bits per heavy atom. The summed E-state index contributed by atoms with van der Waals surface area (Å²) in [7, 11) is 0. The number of alkyl halides is 3. The lowest BCUT2D eigenvalue weighted by atomic mass is 9.86. The van der Waals surface area contributed by atoms with Crippen molar-refractivity contribution in [1.82, 2.24) is 5.16 Å². The van der Waals surface area contributed by atoms with Crippen LogP contribution in [0.25, 0.3) is 11.3 Å². The lowest BCUT2D eigenvalue weighted by Crippen LogP contribution is -2.10. The average molecular weight is 269 g/mol. The van der Waals surface area contributed by atoms with E-state index in [4.69, 9.17) is 4.52 Å². The fourth-order valence-corrected chi connectivity index (χ4v) is 1.68. The number of halogens is 3. The summed E-state index contributed by atoms with van der Waals surface area (Å²) in [5.41, 5.74) is 0.669. The van der Waals surface area contributed by atoms with Crippen molar-refractivity contribution in [3.8, 4) is 11.3 Å². The largest absolute Gasteiger partial charge is 0.436 e. The highest BCUT2D eigenvalue weighted by Crippen LogP contribution is 2.32. The lowest BCUT2D eigenvalue weighted by molar-refractivity contribution is -0.142. The van der Waals surface area contributed by atoms with E-state index in [-0.39, 0.29) is 11.2 Å². The molecule has 0 radical (unpaired) electrons. The second-order valence-electron chi connectivity index (χ2n) is 5.40. The van der Waals surface area contributed by atoms with E-state index in [0.29, 0.717) is 5.56 Å². The standard InChI is InChI=1S/C14H14F3NO/c1-13(2,3)10-6-4-9(5-7-10)11-8-12(18-19-11)14(15,16)17/h4-8H,1-3H3. The predicted octanol–water partition coefficient (Wildman–Crippen LogP) is 4.66. The van der Waals surface area contributed by atoms with Crippen LogP contribution in [0.1, 0.15) is 32.0 Å². The molecule has 102 valence electrons. The second-order valence-corrected chi connectivity index (χ2v) is 5.40. The van der Waals surface area contributed by atoms with E-state index in [9.17, 15) is 13.2 Å². The molecule has 2 rings (SSSR count). The first-order valence-corrected chi connectivity index (χ1v) is 5.83. The first-order valence-electron chi connectivity index (χ1n) is 5.83. The maximum Gasteiger partial charge on any atom is 0.436 e. The van der Waals surface area contributed by atoms with Gasteiger partial charge in [-0.25, -0.2) is 0 Å². The van der Waals surface area contributed by atoms with Gasteiger partial charge in [0.15, 0.2) is 11.5 Å². The van der Waals surface area contributed by atoms with Crippen LogP contribution in [0.4, 0.5) is 13.2 Å². The maximum atomic E-state index is 12.4. The zero-order valence-corrected chi connectivity index (χ0v) is 10.9. The van der Waals surface area contributed by atoms with E-state index in [1.807, 2.05) is 12.1 Å². The van der Waals surface area contributed by atoms with E-state index >= 15 is 0 Å². The van der Waals surface area contributed by atoms with E-state index in [1.165, 1.54) is 0 Å². The first-order chi connectivity index (χ1) is 8.68. The number of hydrogen-bond donors (Lipinski definition) is 0. The molecule has 2 aromatic rings. The summed E-state index contributed by atoms with van der Waals surface area (Å²) in [6.07, 6.45) is -4.48. The van der Waals surface area contributed by atoms with E-state index < -0.39 is 11.9 Å². The van der Waals surface area contributed by atoms with E-state index in [1.54, 1.807) is 12.1 Å². The summed E-state index contributed by atoms with van der Waals surface area (Å²) in [4.78, 5) is 0. The highest BCUT2D eigenvalue weighted by molar-refractivity contribution is 5.58. The van der Waals surface area contributed by atoms with Crippen LogP contribution >= 0.6 is 0 Å². The van der Waals surface area contributed by atoms with Crippen molar-refractivity contribution >= 4 is 0 Å². The summed E-state index contributed by atoms with van der Waals surface area (Å²) < 4.78 is 42.0. The Balaban J connectivity index is 2.31. The molecule has 2 nitrogen and oxygen atoms in total. The van der Waals surface area contributed by atoms with Crippen LogP contribution in [-0.4, -0.2) is 5.16 Å². The lowest BCUT2D eigenvalue weighted by Gasteiger charge is -2.18. The molecule has 0 N–H and O–H groups in total. The number of benzene rings is 1. The third kappa shape index (κ3) is 2.97. The molecular weight excluding hydrogens is 255 g/mol. The molecule has 0 fully saturated rings. The number of hydrogen-bond acceptors (Lipinski definition) is 2. The Morgan fingerprint density at radius 3 is 2.00 bits per heavy atom. The van der Waals surface area contributed by atoms with Crippen LogP contribution < -0.4 is 0 Å². The second kappa shape index (κ2) is 4.40. The smallest absolute Gasteiger partial charge is 0.356 e. The zero-order valence-electron chi connectivity index (χ0n) is 10.9. The van der Waals surface area contributed by atoms with E-state index in [2.05, 4.69) is 25.9 Å². The Morgan fingerprint density at radius 2 is 1.58 bits per heavy atom. The highest BCUT2D eigenvalue weighted by atomic mass is 19.4. The molecule has 0 atom stereocenters. The fraction of sp³-hybridized carbons (Fsp3) is 0.357. The number of aromatic nitrogens is 1. The normalized spacial score (nSPS) is 12.7. The van der Waals surface area contributed by atoms with Crippen molar-refractivity contribution in [2.24, 2.45) is 0 Å². The maximum absolute atomic E-state index is 12.4. The first kappa shape index (κ1) is 13.6. The number of rotatable bonds is 1. The van der Waals surface area contributed by atoms with Gasteiger partial charge in [-0.15, -0.1) is 0 Å². The van der Waals surface area contributed by atoms with Crippen molar-refractivity contribution in [3.63, 3.8) is 0 Å². The molecule has 5 heteroatoms. The van der Waals surface area contributed by atoms with Crippen LogP contribution in [0.5, 0.6) is 0 Å². The van der Waals surface area contributed by atoms with Gasteiger partial charge in [0.05, 0.1) is 0 Å². The number of nitrogens with zero attached hydrogens (tertiary/aromatic N) is 1. The van der Waals surface area contributed by atoms with Crippen LogP contribution in [0.15, 0.2) is 34.9 Å². The third-order valence-corrected chi connectivity index (χ3v) is 2.84. The monoisotopic (exact) mass is 269 g/mol. The van der Waals surface area contributed by atoms with Crippen LogP contribution in [0.2, 0.25) is 0 Å². The van der Waals surface area contributed by atoms with Gasteiger partial charge in [-0.05, 0) is 11.0 Å². The summed E-state index contributed by atoms with van der Waals surface area (Å²) in [5, 5.41) is 3.04. The molecule has 1 heterocycles. The summed E-state index contributed by atoms with van der Waals surface area (Å²) >= 11 is 0. The molecule has 0 aliphatic rings. The Bertz CT molecular complexity index is 562. The molecule has 0 saturated carbocycles. The van der Waals surface area contributed by atoms with Gasteiger partial charge in [0.2, 0.25) is 0 Å². The molecule has 0 amide bonds. The van der Waals surface area contributed by atoms with Gasteiger partial charge >= 0.3 is 6.18 Å². The highest BCUT2D eigenvalue weighted by Gasteiger charge is 2.35. The third-order valence-electron chi connectivity index (χ3n) is 2.84. The Hall–Kier alpha value is -1.78. The molecule has 0 aliphatic heterocycles. The molecule has 1 aromatic heterocycles. The average Bonchev–Trinajstić information content (AvgIpc) is 2.77. The molecular formula is C14H14F3NO. The SMILES string of the molecule is CC(C)(C)c1ccc(-c2cc(C(F)(F)F)no2)cc1. The molecule has 0 saturated heterocycles. The van der Waals surface area contributed by atoms with Crippen LogP contribution in [-0.2, 0) is 11.6 Å². The molecule has 0 unspecified atom stereocenters. The van der Waals surface area contributed by atoms with Crippen LogP contribution in [0, 0.1) is 0 Å². The minimum Gasteiger partial charge on any atom is -0.356 e. The van der Waals surface area contributed by atoms with Gasteiger partial charge in [0, 0.05) is 11.6 Å². The van der Waals surface area contributed by atoms with Crippen molar-refractivity contribution in [2.75, 3.05) is 0 Å². The Kier molecular flexibility index (Phi) is 3.16. The fourth-order valence-electron chi connectivity index (χ4n) is 1.68. The molecule has 0 bridgehead atoms. The minimum atomic E-state index is -4.48. The molecule has 1 aromatic carbocycles. The molecule has 0 spiro atoms. The van der Waals surface area contributed by atoms with Gasteiger partial charge in [0.1, 0.15) is 0 Å². The van der Waals surface area contributed by atoms with Gasteiger partial charge in [0.25, 0.3) is 0 Å². The van der Waals surface area contributed by atoms with Gasteiger partial charge in [-0.1, -0.05) is 50.2 Å². The topological polar surface area (TPSA) is 26.0 Å². The van der Waals surface area contributed by atoms with Crippen molar-refractivity contribution in [3.05, 3.63) is 41.6 Å². The quantitative estimate of drug-likeness (QED) is 0.752. The van der Waals surface area contributed by atoms with E-state index in [0.717, 1.165) is 11.6 Å².